The van der Waals surface area contributed by atoms with Crippen LogP contribution >= 0.6 is 0 Å². The van der Waals surface area contributed by atoms with Gasteiger partial charge in [-0.05, 0) is 66.3 Å². The predicted molar refractivity (Wildman–Crippen MR) is 199 cm³/mol. The number of benzene rings is 4. The third kappa shape index (κ3) is 11.0. The Labute approximate surface area is 306 Å². The van der Waals surface area contributed by atoms with Gasteiger partial charge >= 0.3 is 0 Å². The number of likely N-dealkylation sites (N-methyl/N-ethyl adjacent to an activating group) is 1. The summed E-state index contributed by atoms with van der Waals surface area (Å²) in [4.78, 5) is 25.6. The Morgan fingerprint density at radius 2 is 1.50 bits per heavy atom. The molecule has 1 heterocycles. The molecule has 0 saturated carbocycles. The van der Waals surface area contributed by atoms with Gasteiger partial charge in [0.2, 0.25) is 11.8 Å². The summed E-state index contributed by atoms with van der Waals surface area (Å²) in [6.07, 6.45) is 1.65. The van der Waals surface area contributed by atoms with Crippen LogP contribution in [0.1, 0.15) is 91.8 Å². The predicted octanol–water partition coefficient (Wildman–Crippen LogP) is 6.52. The molecule has 1 aliphatic heterocycles. The number of hydrogen-bond acceptors (Lipinski definition) is 8. The molecule has 52 heavy (non-hydrogen) atoms. The van der Waals surface area contributed by atoms with Crippen molar-refractivity contribution in [2.24, 2.45) is 0 Å². The van der Waals surface area contributed by atoms with Crippen molar-refractivity contribution < 1.29 is 34.5 Å². The third-order valence-corrected chi connectivity index (χ3v) is 9.77. The van der Waals surface area contributed by atoms with E-state index in [1.54, 1.807) is 5.48 Å². The second kappa shape index (κ2) is 19.4. The van der Waals surface area contributed by atoms with E-state index in [0.717, 1.165) is 45.4 Å². The molecule has 1 fully saturated rings. The maximum Gasteiger partial charge on any atom is 0.243 e. The maximum atomic E-state index is 12.4. The Bertz CT molecular complexity index is 1700. The molecular weight excluding hydrogens is 658 g/mol. The highest BCUT2D eigenvalue weighted by atomic mass is 16.7. The summed E-state index contributed by atoms with van der Waals surface area (Å²) in [5.74, 6) is -0.452. The first-order chi connectivity index (χ1) is 25.2. The average Bonchev–Trinajstić information content (AvgIpc) is 3.19. The van der Waals surface area contributed by atoms with Crippen molar-refractivity contribution in [3.8, 4) is 11.1 Å². The number of amides is 2. The average molecular weight is 710 g/mol. The van der Waals surface area contributed by atoms with Crippen molar-refractivity contribution in [2.45, 2.75) is 89.2 Å². The molecule has 0 bridgehead atoms. The highest BCUT2D eigenvalue weighted by molar-refractivity contribution is 5.76. The fraction of sp³-hybridized carbons (Fsp3) is 0.381. The molecule has 5 atom stereocenters. The zero-order chi connectivity index (χ0) is 36.9. The van der Waals surface area contributed by atoms with Crippen molar-refractivity contribution in [3.63, 3.8) is 0 Å². The topological polar surface area (TPSA) is 141 Å². The van der Waals surface area contributed by atoms with Crippen LogP contribution in [0.15, 0.2) is 103 Å². The summed E-state index contributed by atoms with van der Waals surface area (Å²) in [5, 5.41) is 32.2. The second-order valence-corrected chi connectivity index (χ2v) is 13.6. The molecule has 10 nitrogen and oxygen atoms in total. The van der Waals surface area contributed by atoms with Gasteiger partial charge in [0.15, 0.2) is 6.29 Å². The monoisotopic (exact) mass is 709 g/mol. The molecule has 276 valence electrons. The summed E-state index contributed by atoms with van der Waals surface area (Å²) in [6.45, 7) is 3.02. The molecule has 4 aromatic rings. The van der Waals surface area contributed by atoms with E-state index < -0.39 is 18.3 Å². The van der Waals surface area contributed by atoms with E-state index >= 15 is 0 Å². The summed E-state index contributed by atoms with van der Waals surface area (Å²) in [6, 6.07) is 33.6. The van der Waals surface area contributed by atoms with Gasteiger partial charge in [0.25, 0.3) is 0 Å². The van der Waals surface area contributed by atoms with E-state index in [-0.39, 0.29) is 37.2 Å². The lowest BCUT2D eigenvalue weighted by molar-refractivity contribution is -0.253. The SMILES string of the molecule is C[C@@H]([C@H](O)c1ccccc1)N(C)C[C@@H]1C[C@H](c2ccc(CO)cc2)O[C@H](c2ccc(-c3cccc(CNC(=O)CCCCCC(=O)NO)c3)cc2)O1. The number of carbonyl (C=O) groups is 2. The molecule has 0 unspecified atom stereocenters. The Balaban J connectivity index is 1.23. The minimum atomic E-state index is -0.642. The highest BCUT2D eigenvalue weighted by Crippen LogP contribution is 2.39. The van der Waals surface area contributed by atoms with Crippen LogP contribution in [-0.2, 0) is 32.2 Å². The normalized spacial score (nSPS) is 18.5. The Hall–Kier alpha value is -4.42. The van der Waals surface area contributed by atoms with Crippen LogP contribution in [0.2, 0.25) is 0 Å². The molecule has 4 aromatic carbocycles. The fourth-order valence-corrected chi connectivity index (χ4v) is 6.48. The lowest BCUT2D eigenvalue weighted by Crippen LogP contribution is -2.43. The largest absolute Gasteiger partial charge is 0.392 e. The zero-order valence-corrected chi connectivity index (χ0v) is 30.0. The van der Waals surface area contributed by atoms with Gasteiger partial charge in [-0.3, -0.25) is 19.7 Å². The van der Waals surface area contributed by atoms with Gasteiger partial charge in [0, 0.05) is 44.0 Å². The van der Waals surface area contributed by atoms with Crippen molar-refractivity contribution in [3.05, 3.63) is 131 Å². The smallest absolute Gasteiger partial charge is 0.243 e. The van der Waals surface area contributed by atoms with Gasteiger partial charge in [-0.1, -0.05) is 103 Å². The van der Waals surface area contributed by atoms with Gasteiger partial charge in [0.05, 0.1) is 24.9 Å². The van der Waals surface area contributed by atoms with Crippen molar-refractivity contribution in [2.75, 3.05) is 13.6 Å². The van der Waals surface area contributed by atoms with Crippen LogP contribution in [0.3, 0.4) is 0 Å². The van der Waals surface area contributed by atoms with E-state index in [9.17, 15) is 19.8 Å². The number of nitrogens with one attached hydrogen (secondary N) is 2. The molecule has 10 heteroatoms. The Morgan fingerprint density at radius 1 is 0.808 bits per heavy atom. The van der Waals surface area contributed by atoms with E-state index in [0.29, 0.717) is 38.8 Å². The molecule has 0 aliphatic carbocycles. The summed E-state index contributed by atoms with van der Waals surface area (Å²) < 4.78 is 13.2. The second-order valence-electron chi connectivity index (χ2n) is 13.6. The molecule has 1 aliphatic rings. The van der Waals surface area contributed by atoms with Crippen LogP contribution in [0.5, 0.6) is 0 Å². The minimum absolute atomic E-state index is 0.0208. The van der Waals surface area contributed by atoms with Crippen LogP contribution < -0.4 is 10.8 Å². The lowest BCUT2D eigenvalue weighted by atomic mass is 9.98. The number of rotatable bonds is 17. The first-order valence-electron chi connectivity index (χ1n) is 18.1. The van der Waals surface area contributed by atoms with Crippen LogP contribution in [0.25, 0.3) is 11.1 Å². The number of carbonyl (C=O) groups excluding carboxylic acids is 2. The number of hydrogen-bond donors (Lipinski definition) is 5. The van der Waals surface area contributed by atoms with Crippen LogP contribution in [0, 0.1) is 0 Å². The van der Waals surface area contributed by atoms with Crippen molar-refractivity contribution in [1.29, 1.82) is 0 Å². The molecule has 2 amide bonds. The van der Waals surface area contributed by atoms with Gasteiger partial charge in [-0.2, -0.15) is 0 Å². The number of aliphatic hydroxyl groups is 2. The Kier molecular flexibility index (Phi) is 14.5. The molecule has 5 N–H and O–H groups in total. The molecule has 0 aromatic heterocycles. The summed E-state index contributed by atoms with van der Waals surface area (Å²) >= 11 is 0. The van der Waals surface area contributed by atoms with Gasteiger partial charge < -0.3 is 25.0 Å². The van der Waals surface area contributed by atoms with Gasteiger partial charge in [0.1, 0.15) is 0 Å². The number of hydroxylamine groups is 1. The van der Waals surface area contributed by atoms with Crippen molar-refractivity contribution >= 4 is 11.8 Å². The highest BCUT2D eigenvalue weighted by Gasteiger charge is 2.34. The van der Waals surface area contributed by atoms with Gasteiger partial charge in [-0.25, -0.2) is 5.48 Å². The number of aliphatic hydroxyl groups excluding tert-OH is 2. The standard InChI is InChI=1S/C42H51N3O7/c1-29(41(49)34-11-5-3-6-12-34)45(2)27-37-25-38(33-18-16-30(28-46)17-19-33)52-42(51-37)35-22-20-32(21-23-35)36-13-9-10-31(24-36)26-43-39(47)14-7-4-8-15-40(48)44-50/h3,5-6,9-13,16-24,29,37-38,41-42,46,49-50H,4,7-8,14-15,25-28H2,1-2H3,(H,43,47)(H,44,48)/t29-,37-,38+,41-,42+/m0/s1. The van der Waals surface area contributed by atoms with E-state index in [2.05, 4.69) is 28.4 Å². The zero-order valence-electron chi connectivity index (χ0n) is 30.0. The van der Waals surface area contributed by atoms with E-state index in [1.807, 2.05) is 98.9 Å². The third-order valence-electron chi connectivity index (χ3n) is 9.77. The molecule has 0 spiro atoms. The summed E-state index contributed by atoms with van der Waals surface area (Å²) in [5.41, 5.74) is 8.29. The number of nitrogens with zero attached hydrogens (tertiary/aromatic N) is 1. The van der Waals surface area contributed by atoms with Crippen molar-refractivity contribution in [1.82, 2.24) is 15.7 Å². The first kappa shape index (κ1) is 38.8. The minimum Gasteiger partial charge on any atom is -0.392 e. The fourth-order valence-electron chi connectivity index (χ4n) is 6.48. The maximum absolute atomic E-state index is 12.4. The molecule has 0 radical (unpaired) electrons. The van der Waals surface area contributed by atoms with E-state index in [1.165, 1.54) is 0 Å². The molecule has 5 rings (SSSR count). The van der Waals surface area contributed by atoms with Crippen LogP contribution in [0.4, 0.5) is 0 Å². The Morgan fingerprint density at radius 3 is 2.19 bits per heavy atom. The summed E-state index contributed by atoms with van der Waals surface area (Å²) in [7, 11) is 2.01. The number of unbranched alkanes of at least 4 members (excludes halogenated alkanes) is 2. The lowest BCUT2D eigenvalue weighted by Gasteiger charge is -2.39. The van der Waals surface area contributed by atoms with E-state index in [4.69, 9.17) is 14.7 Å². The number of ether oxygens (including phenoxy) is 2. The first-order valence-corrected chi connectivity index (χ1v) is 18.1. The molecule has 1 saturated heterocycles. The molecular formula is C42H51N3O7. The quantitative estimate of drug-likeness (QED) is 0.0475. The van der Waals surface area contributed by atoms with Crippen LogP contribution in [-0.4, -0.2) is 57.9 Å². The van der Waals surface area contributed by atoms with Gasteiger partial charge in [-0.15, -0.1) is 0 Å².